The predicted molar refractivity (Wildman–Crippen MR) is 135 cm³/mol. The van der Waals surface area contributed by atoms with E-state index in [0.29, 0.717) is 28.4 Å². The molecule has 10 heteroatoms. The van der Waals surface area contributed by atoms with Gasteiger partial charge in [0, 0.05) is 29.1 Å². The fraction of sp³-hybridized carbons (Fsp3) is 0.500. The van der Waals surface area contributed by atoms with E-state index in [9.17, 15) is 14.0 Å². The molecule has 1 atom stereocenters. The zero-order valence-corrected chi connectivity index (χ0v) is 21.4. The molecule has 1 aliphatic rings. The van der Waals surface area contributed by atoms with Crippen molar-refractivity contribution in [3.8, 4) is 11.1 Å². The smallest absolute Gasteiger partial charge is 0.270 e. The van der Waals surface area contributed by atoms with Crippen molar-refractivity contribution >= 4 is 17.6 Å². The Morgan fingerprint density at radius 1 is 1.14 bits per heavy atom. The molecule has 0 radical (unpaired) electrons. The van der Waals surface area contributed by atoms with Gasteiger partial charge in [0.15, 0.2) is 0 Å². The van der Waals surface area contributed by atoms with E-state index in [2.05, 4.69) is 37.8 Å². The van der Waals surface area contributed by atoms with Crippen LogP contribution in [0, 0.1) is 31.6 Å². The average molecular weight is 496 g/mol. The molecule has 2 amide bonds. The lowest BCUT2D eigenvalue weighted by Gasteiger charge is -2.32. The van der Waals surface area contributed by atoms with Gasteiger partial charge in [-0.3, -0.25) is 19.4 Å². The first-order chi connectivity index (χ1) is 17.2. The molecule has 0 aliphatic heterocycles. The Morgan fingerprint density at radius 3 is 2.47 bits per heavy atom. The first kappa shape index (κ1) is 25.5. The number of aromatic nitrogens is 5. The van der Waals surface area contributed by atoms with Crippen molar-refractivity contribution in [1.29, 1.82) is 0 Å². The van der Waals surface area contributed by atoms with Gasteiger partial charge in [-0.15, -0.1) is 0 Å². The second-order valence-electron chi connectivity index (χ2n) is 10.1. The third-order valence-electron chi connectivity index (χ3n) is 6.99. The van der Waals surface area contributed by atoms with E-state index in [0.717, 1.165) is 31.4 Å². The number of nitrogens with one attached hydrogen (secondary N) is 3. The summed E-state index contributed by atoms with van der Waals surface area (Å²) >= 11 is 0. The minimum atomic E-state index is -0.775. The van der Waals surface area contributed by atoms with E-state index in [-0.39, 0.29) is 23.7 Å². The topological polar surface area (TPSA) is 118 Å². The fourth-order valence-corrected chi connectivity index (χ4v) is 4.98. The standard InChI is InChI=1S/C26H34FN7O2/c1-14(2)34-20(12-13-28-34)25(35)31-23(18-8-6-15(3)7-9-18)26(36)30-21-11-10-19(24(27)29-21)22-16(4)32-33-17(22)5/h10-15,18,23H,6-9H2,1-5H3,(H,31,35)(H,32,33)(H,29,30,36)/t15?,18?,23-/m0/s1. The van der Waals surface area contributed by atoms with Gasteiger partial charge in [0.05, 0.1) is 5.69 Å². The summed E-state index contributed by atoms with van der Waals surface area (Å²) in [5.41, 5.74) is 2.76. The van der Waals surface area contributed by atoms with Crippen LogP contribution in [0.25, 0.3) is 11.1 Å². The van der Waals surface area contributed by atoms with Crippen LogP contribution in [-0.2, 0) is 4.79 Å². The molecule has 192 valence electrons. The van der Waals surface area contributed by atoms with Crippen LogP contribution in [0.15, 0.2) is 24.4 Å². The van der Waals surface area contributed by atoms with Gasteiger partial charge < -0.3 is 10.6 Å². The van der Waals surface area contributed by atoms with Crippen molar-refractivity contribution in [3.63, 3.8) is 0 Å². The maximum Gasteiger partial charge on any atom is 0.270 e. The van der Waals surface area contributed by atoms with Gasteiger partial charge in [0.1, 0.15) is 17.6 Å². The molecule has 3 aromatic rings. The second-order valence-corrected chi connectivity index (χ2v) is 10.1. The number of hydrogen-bond acceptors (Lipinski definition) is 5. The van der Waals surface area contributed by atoms with Gasteiger partial charge in [-0.05, 0) is 70.6 Å². The van der Waals surface area contributed by atoms with Crippen molar-refractivity contribution in [1.82, 2.24) is 30.3 Å². The number of nitrogens with zero attached hydrogens (tertiary/aromatic N) is 4. The Morgan fingerprint density at radius 2 is 1.86 bits per heavy atom. The van der Waals surface area contributed by atoms with Gasteiger partial charge >= 0.3 is 0 Å². The molecule has 3 aromatic heterocycles. The largest absolute Gasteiger partial charge is 0.339 e. The number of hydrogen-bond donors (Lipinski definition) is 3. The van der Waals surface area contributed by atoms with Crippen molar-refractivity contribution in [3.05, 3.63) is 47.4 Å². The van der Waals surface area contributed by atoms with E-state index in [1.165, 1.54) is 0 Å². The highest BCUT2D eigenvalue weighted by atomic mass is 19.1. The van der Waals surface area contributed by atoms with Crippen LogP contribution in [0.3, 0.4) is 0 Å². The molecule has 1 saturated carbocycles. The van der Waals surface area contributed by atoms with Gasteiger partial charge in [-0.2, -0.15) is 14.6 Å². The Labute approximate surface area is 210 Å². The van der Waals surface area contributed by atoms with Crippen molar-refractivity contribution in [2.24, 2.45) is 11.8 Å². The first-order valence-electron chi connectivity index (χ1n) is 12.5. The second kappa shape index (κ2) is 10.6. The Kier molecular flexibility index (Phi) is 7.51. The van der Waals surface area contributed by atoms with E-state index >= 15 is 0 Å². The van der Waals surface area contributed by atoms with Crippen LogP contribution in [0.4, 0.5) is 10.2 Å². The summed E-state index contributed by atoms with van der Waals surface area (Å²) in [5.74, 6) is -0.819. The number of aromatic amines is 1. The Balaban J connectivity index is 1.55. The molecule has 0 saturated heterocycles. The molecule has 1 fully saturated rings. The molecule has 0 unspecified atom stereocenters. The number of pyridine rings is 1. The van der Waals surface area contributed by atoms with Gasteiger partial charge in [-0.25, -0.2) is 4.98 Å². The monoisotopic (exact) mass is 495 g/mol. The normalized spacial score (nSPS) is 18.8. The van der Waals surface area contributed by atoms with Crippen LogP contribution >= 0.6 is 0 Å². The first-order valence-corrected chi connectivity index (χ1v) is 12.5. The summed E-state index contributed by atoms with van der Waals surface area (Å²) in [6.45, 7) is 9.67. The summed E-state index contributed by atoms with van der Waals surface area (Å²) in [6, 6.07) is 4.01. The summed E-state index contributed by atoms with van der Waals surface area (Å²) in [5, 5.41) is 16.9. The quantitative estimate of drug-likeness (QED) is 0.415. The Hall–Kier alpha value is -3.56. The molecule has 3 N–H and O–H groups in total. The fourth-order valence-electron chi connectivity index (χ4n) is 4.98. The number of carbonyl (C=O) groups is 2. The summed E-state index contributed by atoms with van der Waals surface area (Å²) in [6.07, 6.45) is 5.19. The zero-order valence-electron chi connectivity index (χ0n) is 21.4. The molecule has 0 bridgehead atoms. The minimum Gasteiger partial charge on any atom is -0.339 e. The summed E-state index contributed by atoms with van der Waals surface area (Å²) in [4.78, 5) is 30.6. The predicted octanol–water partition coefficient (Wildman–Crippen LogP) is 4.57. The van der Waals surface area contributed by atoms with Crippen molar-refractivity contribution in [2.75, 3.05) is 5.32 Å². The number of H-pyrrole nitrogens is 1. The van der Waals surface area contributed by atoms with Gasteiger partial charge in [0.2, 0.25) is 11.9 Å². The molecular weight excluding hydrogens is 461 g/mol. The molecule has 4 rings (SSSR count). The number of aryl methyl sites for hydroxylation is 2. The summed E-state index contributed by atoms with van der Waals surface area (Å²) in [7, 11) is 0. The van der Waals surface area contributed by atoms with Crippen molar-refractivity contribution in [2.45, 2.75) is 72.4 Å². The third kappa shape index (κ3) is 5.32. The molecule has 36 heavy (non-hydrogen) atoms. The molecule has 0 aromatic carbocycles. The number of carbonyl (C=O) groups excluding carboxylic acids is 2. The molecular formula is C26H34FN7O2. The molecule has 1 aliphatic carbocycles. The van der Waals surface area contributed by atoms with Crippen LogP contribution in [0.5, 0.6) is 0 Å². The van der Waals surface area contributed by atoms with E-state index in [1.807, 2.05) is 20.8 Å². The number of anilines is 1. The number of rotatable bonds is 7. The lowest BCUT2D eigenvalue weighted by molar-refractivity contribution is -0.119. The number of halogens is 1. The van der Waals surface area contributed by atoms with Crippen LogP contribution in [0.1, 0.15) is 74.4 Å². The molecule has 0 spiro atoms. The maximum atomic E-state index is 15.0. The van der Waals surface area contributed by atoms with E-state index in [1.54, 1.807) is 36.0 Å². The van der Waals surface area contributed by atoms with Crippen LogP contribution < -0.4 is 10.6 Å². The van der Waals surface area contributed by atoms with E-state index < -0.39 is 17.9 Å². The van der Waals surface area contributed by atoms with Crippen LogP contribution in [0.2, 0.25) is 0 Å². The maximum absolute atomic E-state index is 15.0. The third-order valence-corrected chi connectivity index (χ3v) is 6.99. The average Bonchev–Trinajstić information content (AvgIpc) is 3.45. The van der Waals surface area contributed by atoms with Gasteiger partial charge in [-0.1, -0.05) is 19.8 Å². The van der Waals surface area contributed by atoms with Crippen LogP contribution in [-0.4, -0.2) is 42.8 Å². The highest BCUT2D eigenvalue weighted by Crippen LogP contribution is 2.32. The molecule has 9 nitrogen and oxygen atoms in total. The Bertz CT molecular complexity index is 1220. The lowest BCUT2D eigenvalue weighted by atomic mass is 9.79. The highest BCUT2D eigenvalue weighted by molar-refractivity contribution is 6.00. The SMILES string of the molecule is Cc1n[nH]c(C)c1-c1ccc(NC(=O)[C@@H](NC(=O)c2ccnn2C(C)C)C2CCC(C)CC2)nc1F. The van der Waals surface area contributed by atoms with Gasteiger partial charge in [0.25, 0.3) is 5.91 Å². The minimum absolute atomic E-state index is 0.00301. The lowest BCUT2D eigenvalue weighted by Crippen LogP contribution is -2.49. The number of amides is 2. The zero-order chi connectivity index (χ0) is 26.0. The van der Waals surface area contributed by atoms with Crippen molar-refractivity contribution < 1.29 is 14.0 Å². The van der Waals surface area contributed by atoms with E-state index in [4.69, 9.17) is 0 Å². The molecule has 3 heterocycles. The highest BCUT2D eigenvalue weighted by Gasteiger charge is 2.33. The summed E-state index contributed by atoms with van der Waals surface area (Å²) < 4.78 is 16.6.